The molecule has 1 amide bonds. The smallest absolute Gasteiger partial charge is 0.243 e. The lowest BCUT2D eigenvalue weighted by atomic mass is 9.97. The van der Waals surface area contributed by atoms with Crippen LogP contribution in [0.5, 0.6) is 0 Å². The largest absolute Gasteiger partial charge is 0.323 e. The van der Waals surface area contributed by atoms with E-state index in [2.05, 4.69) is 15.3 Å². The maximum absolute atomic E-state index is 12.7. The van der Waals surface area contributed by atoms with Crippen LogP contribution in [0.4, 0.5) is 5.69 Å². The Labute approximate surface area is 175 Å². The molecule has 30 heavy (non-hydrogen) atoms. The van der Waals surface area contributed by atoms with Crippen LogP contribution in [0.25, 0.3) is 11.4 Å². The van der Waals surface area contributed by atoms with Gasteiger partial charge in [-0.2, -0.15) is 4.31 Å². The SMILES string of the molecule is O=C(Nc1cnc(-c2ccccc2)nc1)C1CCN(S(=O)(=O)c2ccccc2)CC1. The van der Waals surface area contributed by atoms with Crippen LogP contribution in [0.2, 0.25) is 0 Å². The first-order chi connectivity index (χ1) is 14.5. The van der Waals surface area contributed by atoms with Crippen LogP contribution in [0, 0.1) is 5.92 Å². The van der Waals surface area contributed by atoms with Gasteiger partial charge in [-0.25, -0.2) is 18.4 Å². The number of piperidine rings is 1. The topological polar surface area (TPSA) is 92.3 Å². The van der Waals surface area contributed by atoms with Crippen molar-refractivity contribution in [2.45, 2.75) is 17.7 Å². The number of anilines is 1. The molecule has 1 fully saturated rings. The summed E-state index contributed by atoms with van der Waals surface area (Å²) in [6.45, 7) is 0.636. The van der Waals surface area contributed by atoms with Crippen LogP contribution in [-0.2, 0) is 14.8 Å². The molecule has 2 heterocycles. The molecule has 1 N–H and O–H groups in total. The van der Waals surface area contributed by atoms with E-state index in [1.807, 2.05) is 30.3 Å². The van der Waals surface area contributed by atoms with E-state index >= 15 is 0 Å². The highest BCUT2D eigenvalue weighted by Gasteiger charge is 2.32. The predicted octanol–water partition coefficient (Wildman–Crippen LogP) is 3.18. The second-order valence-electron chi connectivity index (χ2n) is 7.14. The second-order valence-corrected chi connectivity index (χ2v) is 9.08. The van der Waals surface area contributed by atoms with Gasteiger partial charge in [-0.3, -0.25) is 4.79 Å². The highest BCUT2D eigenvalue weighted by atomic mass is 32.2. The van der Waals surface area contributed by atoms with Gasteiger partial charge in [0, 0.05) is 24.6 Å². The average Bonchev–Trinajstić information content (AvgIpc) is 2.81. The van der Waals surface area contributed by atoms with Crippen LogP contribution in [0.3, 0.4) is 0 Å². The van der Waals surface area contributed by atoms with Crippen molar-refractivity contribution in [3.63, 3.8) is 0 Å². The van der Waals surface area contributed by atoms with Crippen LogP contribution < -0.4 is 5.32 Å². The van der Waals surface area contributed by atoms with Gasteiger partial charge in [-0.15, -0.1) is 0 Å². The van der Waals surface area contributed by atoms with Crippen molar-refractivity contribution in [1.29, 1.82) is 0 Å². The minimum atomic E-state index is -3.52. The number of carbonyl (C=O) groups is 1. The molecule has 0 aliphatic carbocycles. The van der Waals surface area contributed by atoms with Crippen molar-refractivity contribution in [3.05, 3.63) is 73.1 Å². The third kappa shape index (κ3) is 4.39. The van der Waals surface area contributed by atoms with Crippen molar-refractivity contribution in [2.24, 2.45) is 5.92 Å². The van der Waals surface area contributed by atoms with Crippen molar-refractivity contribution >= 4 is 21.6 Å². The van der Waals surface area contributed by atoms with Gasteiger partial charge < -0.3 is 5.32 Å². The summed E-state index contributed by atoms with van der Waals surface area (Å²) < 4.78 is 26.9. The molecular formula is C22H22N4O3S. The molecule has 0 saturated carbocycles. The van der Waals surface area contributed by atoms with E-state index in [1.165, 1.54) is 4.31 Å². The van der Waals surface area contributed by atoms with E-state index < -0.39 is 10.0 Å². The van der Waals surface area contributed by atoms with Gasteiger partial charge in [-0.1, -0.05) is 48.5 Å². The first kappa shape index (κ1) is 20.2. The lowest BCUT2D eigenvalue weighted by molar-refractivity contribution is -0.120. The summed E-state index contributed by atoms with van der Waals surface area (Å²) in [5, 5.41) is 2.84. The molecule has 1 saturated heterocycles. The highest BCUT2D eigenvalue weighted by Crippen LogP contribution is 2.25. The fraction of sp³-hybridized carbons (Fsp3) is 0.227. The highest BCUT2D eigenvalue weighted by molar-refractivity contribution is 7.89. The lowest BCUT2D eigenvalue weighted by Gasteiger charge is -2.30. The Morgan fingerprint density at radius 1 is 0.900 bits per heavy atom. The van der Waals surface area contributed by atoms with Crippen LogP contribution in [0.1, 0.15) is 12.8 Å². The van der Waals surface area contributed by atoms with Crippen LogP contribution in [0.15, 0.2) is 78.0 Å². The number of sulfonamides is 1. The normalized spacial score (nSPS) is 15.6. The number of amides is 1. The van der Waals surface area contributed by atoms with Gasteiger partial charge >= 0.3 is 0 Å². The molecule has 0 atom stereocenters. The molecule has 1 aromatic heterocycles. The lowest BCUT2D eigenvalue weighted by Crippen LogP contribution is -2.41. The number of nitrogens with one attached hydrogen (secondary N) is 1. The maximum atomic E-state index is 12.7. The fourth-order valence-electron chi connectivity index (χ4n) is 3.47. The van der Waals surface area contributed by atoms with Gasteiger partial charge in [0.05, 0.1) is 23.0 Å². The Balaban J connectivity index is 1.35. The third-order valence-electron chi connectivity index (χ3n) is 5.16. The van der Waals surface area contributed by atoms with E-state index in [1.54, 1.807) is 42.7 Å². The Morgan fingerprint density at radius 3 is 2.07 bits per heavy atom. The minimum absolute atomic E-state index is 0.136. The summed E-state index contributed by atoms with van der Waals surface area (Å²) >= 11 is 0. The molecular weight excluding hydrogens is 400 g/mol. The summed E-state index contributed by atoms with van der Waals surface area (Å²) in [6, 6.07) is 18.0. The molecule has 0 unspecified atom stereocenters. The summed E-state index contributed by atoms with van der Waals surface area (Å²) in [4.78, 5) is 21.5. The Morgan fingerprint density at radius 2 is 1.47 bits per heavy atom. The Hall–Kier alpha value is -3.10. The molecule has 8 heteroatoms. The fourth-order valence-corrected chi connectivity index (χ4v) is 4.96. The number of aromatic nitrogens is 2. The number of hydrogen-bond donors (Lipinski definition) is 1. The summed E-state index contributed by atoms with van der Waals surface area (Å²) in [5.41, 5.74) is 1.43. The van der Waals surface area contributed by atoms with Gasteiger partial charge in [0.1, 0.15) is 0 Å². The summed E-state index contributed by atoms with van der Waals surface area (Å²) in [7, 11) is -3.52. The molecule has 4 rings (SSSR count). The zero-order valence-corrected chi connectivity index (χ0v) is 17.1. The Bertz CT molecular complexity index is 1100. The molecule has 0 bridgehead atoms. The number of hydrogen-bond acceptors (Lipinski definition) is 5. The quantitative estimate of drug-likeness (QED) is 0.682. The average molecular weight is 423 g/mol. The zero-order chi connectivity index (χ0) is 21.0. The predicted molar refractivity (Wildman–Crippen MR) is 114 cm³/mol. The number of nitrogens with zero attached hydrogens (tertiary/aromatic N) is 3. The van der Waals surface area contributed by atoms with Crippen molar-refractivity contribution < 1.29 is 13.2 Å². The van der Waals surface area contributed by atoms with Crippen molar-refractivity contribution in [1.82, 2.24) is 14.3 Å². The number of rotatable bonds is 5. The number of carbonyl (C=O) groups excluding carboxylic acids is 1. The Kier molecular flexibility index (Phi) is 5.87. The monoisotopic (exact) mass is 422 g/mol. The van der Waals surface area contributed by atoms with E-state index in [-0.39, 0.29) is 16.7 Å². The van der Waals surface area contributed by atoms with Gasteiger partial charge in [-0.05, 0) is 25.0 Å². The molecule has 1 aliphatic heterocycles. The van der Waals surface area contributed by atoms with Crippen LogP contribution >= 0.6 is 0 Å². The number of benzene rings is 2. The molecule has 1 aliphatic rings. The molecule has 0 spiro atoms. The molecule has 0 radical (unpaired) electrons. The second kappa shape index (κ2) is 8.73. The summed E-state index contributed by atoms with van der Waals surface area (Å²) in [6.07, 6.45) is 4.12. The third-order valence-corrected chi connectivity index (χ3v) is 7.07. The molecule has 7 nitrogen and oxygen atoms in total. The zero-order valence-electron chi connectivity index (χ0n) is 16.3. The van der Waals surface area contributed by atoms with Gasteiger partial charge in [0.15, 0.2) is 5.82 Å². The first-order valence-electron chi connectivity index (χ1n) is 9.77. The van der Waals surface area contributed by atoms with Crippen molar-refractivity contribution in [2.75, 3.05) is 18.4 Å². The molecule has 3 aromatic rings. The minimum Gasteiger partial charge on any atom is -0.323 e. The molecule has 154 valence electrons. The van der Waals surface area contributed by atoms with Gasteiger partial charge in [0.2, 0.25) is 15.9 Å². The molecule has 2 aromatic carbocycles. The standard InChI is InChI=1S/C22H22N4O3S/c27-22(25-19-15-23-21(24-16-19)17-7-3-1-4-8-17)18-11-13-26(14-12-18)30(28,29)20-9-5-2-6-10-20/h1-10,15-16,18H,11-14H2,(H,25,27). The maximum Gasteiger partial charge on any atom is 0.243 e. The van der Waals surface area contributed by atoms with Crippen molar-refractivity contribution in [3.8, 4) is 11.4 Å². The van der Waals surface area contributed by atoms with E-state index in [0.29, 0.717) is 37.4 Å². The summed E-state index contributed by atoms with van der Waals surface area (Å²) in [5.74, 6) is 0.205. The van der Waals surface area contributed by atoms with E-state index in [4.69, 9.17) is 0 Å². The van der Waals surface area contributed by atoms with Crippen LogP contribution in [-0.4, -0.2) is 41.7 Å². The van der Waals surface area contributed by atoms with E-state index in [0.717, 1.165) is 5.56 Å². The van der Waals surface area contributed by atoms with E-state index in [9.17, 15) is 13.2 Å². The first-order valence-corrected chi connectivity index (χ1v) is 11.2. The van der Waals surface area contributed by atoms with Gasteiger partial charge in [0.25, 0.3) is 0 Å².